The molecule has 0 fully saturated rings. The highest BCUT2D eigenvalue weighted by molar-refractivity contribution is 9.10. The van der Waals surface area contributed by atoms with Gasteiger partial charge in [-0.2, -0.15) is 5.10 Å². The second kappa shape index (κ2) is 6.54. The minimum absolute atomic E-state index is 0.000822. The van der Waals surface area contributed by atoms with E-state index < -0.39 is 15.8 Å². The molecule has 0 bridgehead atoms. The lowest BCUT2D eigenvalue weighted by Gasteiger charge is -2.06. The molecule has 2 rings (SSSR count). The van der Waals surface area contributed by atoms with E-state index >= 15 is 0 Å². The molecule has 0 aliphatic heterocycles. The molecule has 0 radical (unpaired) electrons. The van der Waals surface area contributed by atoms with E-state index in [1.807, 2.05) is 0 Å². The highest BCUT2D eigenvalue weighted by atomic mass is 79.9. The van der Waals surface area contributed by atoms with E-state index in [0.29, 0.717) is 13.0 Å². The monoisotopic (exact) mass is 377 g/mol. The third kappa shape index (κ3) is 4.02. The maximum absolute atomic E-state index is 13.1. The topological polar surface area (TPSA) is 84.2 Å². The molecule has 1 heterocycles. The van der Waals surface area contributed by atoms with Crippen molar-refractivity contribution in [2.45, 2.75) is 17.9 Å². The standard InChI is InChI=1S/C12H13BrFN3O3S/c13-11-6-9(2-3-12(11)14)16-21(19,20)10-7-15-17(8-10)4-1-5-18/h2-3,6-8,16,18H,1,4-5H2. The second-order valence-electron chi connectivity index (χ2n) is 4.25. The van der Waals surface area contributed by atoms with Gasteiger partial charge >= 0.3 is 0 Å². The van der Waals surface area contributed by atoms with Crippen molar-refractivity contribution in [3.63, 3.8) is 0 Å². The van der Waals surface area contributed by atoms with Crippen LogP contribution < -0.4 is 4.72 Å². The predicted octanol–water partition coefficient (Wildman–Crippen LogP) is 1.97. The summed E-state index contributed by atoms with van der Waals surface area (Å²) in [4.78, 5) is 0.000822. The van der Waals surface area contributed by atoms with Crippen LogP contribution in [0.3, 0.4) is 0 Å². The number of rotatable bonds is 6. The molecule has 0 amide bonds. The van der Waals surface area contributed by atoms with Gasteiger partial charge < -0.3 is 5.11 Å². The Morgan fingerprint density at radius 3 is 2.86 bits per heavy atom. The number of aliphatic hydroxyl groups excluding tert-OH is 1. The molecule has 9 heteroatoms. The first-order valence-electron chi connectivity index (χ1n) is 6.03. The number of aromatic nitrogens is 2. The molecule has 6 nitrogen and oxygen atoms in total. The zero-order valence-corrected chi connectivity index (χ0v) is 13.2. The number of aliphatic hydroxyl groups is 1. The fraction of sp³-hybridized carbons (Fsp3) is 0.250. The van der Waals surface area contributed by atoms with Crippen molar-refractivity contribution in [3.8, 4) is 0 Å². The Morgan fingerprint density at radius 2 is 2.19 bits per heavy atom. The molecule has 0 atom stereocenters. The van der Waals surface area contributed by atoms with Crippen molar-refractivity contribution in [1.29, 1.82) is 0 Å². The van der Waals surface area contributed by atoms with Gasteiger partial charge in [0, 0.05) is 19.3 Å². The van der Waals surface area contributed by atoms with Gasteiger partial charge in [-0.25, -0.2) is 12.8 Å². The smallest absolute Gasteiger partial charge is 0.265 e. The highest BCUT2D eigenvalue weighted by Gasteiger charge is 2.17. The van der Waals surface area contributed by atoms with Crippen LogP contribution in [0.4, 0.5) is 10.1 Å². The van der Waals surface area contributed by atoms with Crippen molar-refractivity contribution in [3.05, 3.63) is 40.9 Å². The van der Waals surface area contributed by atoms with E-state index in [2.05, 4.69) is 25.8 Å². The molecule has 0 unspecified atom stereocenters. The van der Waals surface area contributed by atoms with Gasteiger partial charge in [0.1, 0.15) is 10.7 Å². The Bertz CT molecular complexity index is 733. The number of benzene rings is 1. The van der Waals surface area contributed by atoms with Gasteiger partial charge in [-0.15, -0.1) is 0 Å². The first kappa shape index (κ1) is 15.9. The van der Waals surface area contributed by atoms with Crippen molar-refractivity contribution in [2.24, 2.45) is 0 Å². The van der Waals surface area contributed by atoms with E-state index in [1.54, 1.807) is 0 Å². The Morgan fingerprint density at radius 1 is 1.43 bits per heavy atom. The summed E-state index contributed by atoms with van der Waals surface area (Å²) < 4.78 is 41.4. The molecule has 0 aliphatic rings. The number of aryl methyl sites for hydroxylation is 1. The average molecular weight is 378 g/mol. The number of halogens is 2. The van der Waals surface area contributed by atoms with Gasteiger partial charge in [-0.1, -0.05) is 0 Å². The maximum atomic E-state index is 13.1. The average Bonchev–Trinajstić information content (AvgIpc) is 2.90. The summed E-state index contributed by atoms with van der Waals surface area (Å²) in [6, 6.07) is 3.82. The van der Waals surface area contributed by atoms with E-state index in [4.69, 9.17) is 5.11 Å². The lowest BCUT2D eigenvalue weighted by atomic mass is 10.3. The van der Waals surface area contributed by atoms with Crippen molar-refractivity contribution < 1.29 is 17.9 Å². The van der Waals surface area contributed by atoms with Crippen molar-refractivity contribution in [2.75, 3.05) is 11.3 Å². The number of hydrogen-bond acceptors (Lipinski definition) is 4. The van der Waals surface area contributed by atoms with Crippen LogP contribution in [-0.4, -0.2) is 29.9 Å². The molecule has 1 aromatic heterocycles. The second-order valence-corrected chi connectivity index (χ2v) is 6.79. The van der Waals surface area contributed by atoms with Crippen LogP contribution in [0.2, 0.25) is 0 Å². The van der Waals surface area contributed by atoms with Crippen LogP contribution >= 0.6 is 15.9 Å². The first-order valence-corrected chi connectivity index (χ1v) is 8.31. The van der Waals surface area contributed by atoms with Crippen LogP contribution in [0.1, 0.15) is 6.42 Å². The summed E-state index contributed by atoms with van der Waals surface area (Å²) in [5.41, 5.74) is 0.242. The summed E-state index contributed by atoms with van der Waals surface area (Å²) in [7, 11) is -3.79. The van der Waals surface area contributed by atoms with E-state index in [9.17, 15) is 12.8 Å². The summed E-state index contributed by atoms with van der Waals surface area (Å²) >= 11 is 2.99. The van der Waals surface area contributed by atoms with Crippen LogP contribution in [0.25, 0.3) is 0 Å². The number of hydrogen-bond donors (Lipinski definition) is 2. The normalized spacial score (nSPS) is 11.6. The van der Waals surface area contributed by atoms with Gasteiger partial charge in [-0.05, 0) is 40.5 Å². The fourth-order valence-electron chi connectivity index (χ4n) is 1.61. The molecule has 0 spiro atoms. The van der Waals surface area contributed by atoms with Crippen LogP contribution in [-0.2, 0) is 16.6 Å². The minimum atomic E-state index is -3.79. The van der Waals surface area contributed by atoms with E-state index in [0.717, 1.165) is 6.07 Å². The number of nitrogens with zero attached hydrogens (tertiary/aromatic N) is 2. The maximum Gasteiger partial charge on any atom is 0.265 e. The lowest BCUT2D eigenvalue weighted by molar-refractivity contribution is 0.277. The van der Waals surface area contributed by atoms with Gasteiger partial charge in [0.05, 0.1) is 16.4 Å². The van der Waals surface area contributed by atoms with Crippen LogP contribution in [0.5, 0.6) is 0 Å². The number of nitrogens with one attached hydrogen (secondary N) is 1. The van der Waals surface area contributed by atoms with Crippen LogP contribution in [0, 0.1) is 5.82 Å². The zero-order chi connectivity index (χ0) is 15.5. The third-order valence-electron chi connectivity index (χ3n) is 2.64. The van der Waals surface area contributed by atoms with Gasteiger partial charge in [0.15, 0.2) is 0 Å². The number of anilines is 1. The lowest BCUT2D eigenvalue weighted by Crippen LogP contribution is -2.12. The third-order valence-corrected chi connectivity index (χ3v) is 4.58. The highest BCUT2D eigenvalue weighted by Crippen LogP contribution is 2.22. The largest absolute Gasteiger partial charge is 0.396 e. The predicted molar refractivity (Wildman–Crippen MR) is 78.8 cm³/mol. The Labute approximate surface area is 129 Å². The fourth-order valence-corrected chi connectivity index (χ4v) is 2.99. The Kier molecular flexibility index (Phi) is 4.96. The quantitative estimate of drug-likeness (QED) is 0.805. The SMILES string of the molecule is O=S(=O)(Nc1ccc(F)c(Br)c1)c1cnn(CCCO)c1. The first-order chi connectivity index (χ1) is 9.92. The van der Waals surface area contributed by atoms with Crippen LogP contribution in [0.15, 0.2) is 40.0 Å². The molecule has 1 aromatic carbocycles. The molecule has 114 valence electrons. The Hall–Kier alpha value is -1.45. The number of sulfonamides is 1. The molecular formula is C12H13BrFN3O3S. The molecule has 0 saturated heterocycles. The zero-order valence-electron chi connectivity index (χ0n) is 10.8. The van der Waals surface area contributed by atoms with Gasteiger partial charge in [0.25, 0.3) is 10.0 Å². The molecule has 2 aromatic rings. The molecule has 21 heavy (non-hydrogen) atoms. The van der Waals surface area contributed by atoms with Gasteiger partial charge in [-0.3, -0.25) is 9.40 Å². The summed E-state index contributed by atoms with van der Waals surface area (Å²) in [5.74, 6) is -0.477. The van der Waals surface area contributed by atoms with Gasteiger partial charge in [0.2, 0.25) is 0 Å². The molecule has 0 aliphatic carbocycles. The van der Waals surface area contributed by atoms with E-state index in [-0.39, 0.29) is 21.7 Å². The minimum Gasteiger partial charge on any atom is -0.396 e. The molecule has 0 saturated carbocycles. The van der Waals surface area contributed by atoms with E-state index in [1.165, 1.54) is 29.2 Å². The summed E-state index contributed by atoms with van der Waals surface area (Å²) in [5, 5.41) is 12.6. The summed E-state index contributed by atoms with van der Waals surface area (Å²) in [6.07, 6.45) is 3.08. The molecular weight excluding hydrogens is 365 g/mol. The molecule has 2 N–H and O–H groups in total. The van der Waals surface area contributed by atoms with Crippen molar-refractivity contribution in [1.82, 2.24) is 9.78 Å². The summed E-state index contributed by atoms with van der Waals surface area (Å²) in [6.45, 7) is 0.428. The van der Waals surface area contributed by atoms with Crippen molar-refractivity contribution >= 4 is 31.6 Å². The Balaban J connectivity index is 2.17.